The summed E-state index contributed by atoms with van der Waals surface area (Å²) in [5.41, 5.74) is 1.74. The fourth-order valence-corrected chi connectivity index (χ4v) is 3.60. The van der Waals surface area contributed by atoms with Gasteiger partial charge in [-0.05, 0) is 48.9 Å². The number of anilines is 1. The number of amides is 2. The van der Waals surface area contributed by atoms with E-state index in [2.05, 4.69) is 24.3 Å². The van der Waals surface area contributed by atoms with E-state index in [-0.39, 0.29) is 18.4 Å². The number of piperidine rings is 1. The quantitative estimate of drug-likeness (QED) is 0.808. The lowest BCUT2D eigenvalue weighted by Gasteiger charge is -2.33. The molecule has 0 aliphatic carbocycles. The largest absolute Gasteiger partial charge is 0.341 e. The second-order valence-corrected chi connectivity index (χ2v) is 7.10. The topological polar surface area (TPSA) is 40.6 Å². The van der Waals surface area contributed by atoms with E-state index in [9.17, 15) is 14.0 Å². The summed E-state index contributed by atoms with van der Waals surface area (Å²) < 4.78 is 13.5. The molecule has 1 aliphatic rings. The first-order chi connectivity index (χ1) is 13.0. The van der Waals surface area contributed by atoms with E-state index in [4.69, 9.17) is 0 Å². The Bertz CT molecular complexity index is 786. The number of rotatable bonds is 5. The maximum absolute atomic E-state index is 13.5. The van der Waals surface area contributed by atoms with Gasteiger partial charge in [0.1, 0.15) is 12.4 Å². The summed E-state index contributed by atoms with van der Waals surface area (Å²) in [5, 5.41) is 0. The van der Waals surface area contributed by atoms with Crippen LogP contribution in [0.5, 0.6) is 0 Å². The van der Waals surface area contributed by atoms with Crippen molar-refractivity contribution in [1.82, 2.24) is 4.90 Å². The van der Waals surface area contributed by atoms with Crippen molar-refractivity contribution in [2.24, 2.45) is 5.92 Å². The number of carbonyl (C=O) groups excluding carboxylic acids is 2. The molecule has 1 heterocycles. The van der Waals surface area contributed by atoms with E-state index in [0.717, 1.165) is 19.3 Å². The summed E-state index contributed by atoms with van der Waals surface area (Å²) in [4.78, 5) is 27.8. The van der Waals surface area contributed by atoms with Gasteiger partial charge in [0.25, 0.3) is 0 Å². The van der Waals surface area contributed by atoms with Crippen molar-refractivity contribution < 1.29 is 14.0 Å². The van der Waals surface area contributed by atoms with E-state index < -0.39 is 5.82 Å². The molecule has 0 unspecified atom stereocenters. The molecule has 1 aliphatic heterocycles. The van der Waals surface area contributed by atoms with Crippen LogP contribution in [0.1, 0.15) is 25.3 Å². The van der Waals surface area contributed by atoms with Gasteiger partial charge in [-0.2, -0.15) is 0 Å². The van der Waals surface area contributed by atoms with Gasteiger partial charge >= 0.3 is 0 Å². The number of likely N-dealkylation sites (tertiary alicyclic amines) is 1. The molecular weight excluding hydrogens is 343 g/mol. The van der Waals surface area contributed by atoms with Crippen LogP contribution in [0, 0.1) is 11.7 Å². The first kappa shape index (κ1) is 19.1. The fraction of sp³-hybridized carbons (Fsp3) is 0.364. The third kappa shape index (κ3) is 5.16. The van der Waals surface area contributed by atoms with Gasteiger partial charge in [0.2, 0.25) is 11.8 Å². The Kier molecular flexibility index (Phi) is 6.22. The lowest BCUT2D eigenvalue weighted by Crippen LogP contribution is -2.45. The van der Waals surface area contributed by atoms with E-state index in [0.29, 0.717) is 24.7 Å². The summed E-state index contributed by atoms with van der Waals surface area (Å²) in [5.74, 6) is -0.211. The minimum atomic E-state index is -0.423. The summed E-state index contributed by atoms with van der Waals surface area (Å²) in [6.45, 7) is 2.74. The van der Waals surface area contributed by atoms with E-state index in [1.165, 1.54) is 29.5 Å². The van der Waals surface area contributed by atoms with Crippen LogP contribution in [0.3, 0.4) is 0 Å². The lowest BCUT2D eigenvalue weighted by molar-refractivity contribution is -0.132. The Morgan fingerprint density at radius 1 is 1.07 bits per heavy atom. The zero-order valence-electron chi connectivity index (χ0n) is 15.6. The summed E-state index contributed by atoms with van der Waals surface area (Å²) in [6, 6.07) is 16.2. The van der Waals surface area contributed by atoms with Crippen LogP contribution in [0.2, 0.25) is 0 Å². The number of nitrogens with zero attached hydrogens (tertiary/aromatic N) is 2. The predicted octanol–water partition coefficient (Wildman–Crippen LogP) is 3.66. The minimum Gasteiger partial charge on any atom is -0.341 e. The first-order valence-electron chi connectivity index (χ1n) is 9.38. The van der Waals surface area contributed by atoms with Crippen molar-refractivity contribution in [3.63, 3.8) is 0 Å². The molecule has 142 valence electrons. The van der Waals surface area contributed by atoms with Crippen LogP contribution in [0.4, 0.5) is 10.1 Å². The Hall–Kier alpha value is -2.69. The second kappa shape index (κ2) is 8.80. The molecule has 0 N–H and O–H groups in total. The SMILES string of the molecule is CC(=O)N(CC(=O)N1CCC(Cc2ccccc2)CC1)c1cccc(F)c1. The third-order valence-corrected chi connectivity index (χ3v) is 5.13. The highest BCUT2D eigenvalue weighted by Gasteiger charge is 2.25. The zero-order chi connectivity index (χ0) is 19.2. The molecule has 3 rings (SSSR count). The van der Waals surface area contributed by atoms with Gasteiger partial charge in [-0.3, -0.25) is 9.59 Å². The smallest absolute Gasteiger partial charge is 0.242 e. The van der Waals surface area contributed by atoms with Crippen molar-refractivity contribution in [1.29, 1.82) is 0 Å². The van der Waals surface area contributed by atoms with Crippen molar-refractivity contribution in [3.05, 3.63) is 66.0 Å². The first-order valence-corrected chi connectivity index (χ1v) is 9.38. The van der Waals surface area contributed by atoms with Gasteiger partial charge in [-0.1, -0.05) is 36.4 Å². The van der Waals surface area contributed by atoms with Crippen LogP contribution in [-0.4, -0.2) is 36.3 Å². The van der Waals surface area contributed by atoms with Crippen LogP contribution < -0.4 is 4.90 Å². The van der Waals surface area contributed by atoms with Crippen LogP contribution in [0.15, 0.2) is 54.6 Å². The van der Waals surface area contributed by atoms with Gasteiger partial charge in [0.05, 0.1) is 0 Å². The molecule has 0 bridgehead atoms. The summed E-state index contributed by atoms with van der Waals surface area (Å²) in [6.07, 6.45) is 2.95. The summed E-state index contributed by atoms with van der Waals surface area (Å²) in [7, 11) is 0. The number of hydrogen-bond acceptors (Lipinski definition) is 2. The van der Waals surface area contributed by atoms with Crippen LogP contribution in [0.25, 0.3) is 0 Å². The van der Waals surface area contributed by atoms with Crippen molar-refractivity contribution >= 4 is 17.5 Å². The third-order valence-electron chi connectivity index (χ3n) is 5.13. The monoisotopic (exact) mass is 368 g/mol. The average molecular weight is 368 g/mol. The molecule has 0 spiro atoms. The minimum absolute atomic E-state index is 0.0534. The van der Waals surface area contributed by atoms with Crippen molar-refractivity contribution in [2.75, 3.05) is 24.5 Å². The molecule has 0 aromatic heterocycles. The lowest BCUT2D eigenvalue weighted by atomic mass is 9.90. The number of halogens is 1. The van der Waals surface area contributed by atoms with Gasteiger partial charge in [0, 0.05) is 25.7 Å². The second-order valence-electron chi connectivity index (χ2n) is 7.10. The highest BCUT2D eigenvalue weighted by Crippen LogP contribution is 2.22. The van der Waals surface area contributed by atoms with Crippen LogP contribution in [-0.2, 0) is 16.0 Å². The van der Waals surface area contributed by atoms with Gasteiger partial charge in [0.15, 0.2) is 0 Å². The molecule has 2 aromatic rings. The molecule has 0 saturated carbocycles. The van der Waals surface area contributed by atoms with Crippen LogP contribution >= 0.6 is 0 Å². The zero-order valence-corrected chi connectivity index (χ0v) is 15.6. The van der Waals surface area contributed by atoms with Gasteiger partial charge in [-0.15, -0.1) is 0 Å². The van der Waals surface area contributed by atoms with Gasteiger partial charge in [-0.25, -0.2) is 4.39 Å². The van der Waals surface area contributed by atoms with Gasteiger partial charge < -0.3 is 9.80 Å². The Balaban J connectivity index is 1.56. The Morgan fingerprint density at radius 2 is 1.78 bits per heavy atom. The molecule has 1 saturated heterocycles. The maximum Gasteiger partial charge on any atom is 0.242 e. The van der Waals surface area contributed by atoms with E-state index in [1.54, 1.807) is 12.1 Å². The maximum atomic E-state index is 13.5. The van der Waals surface area contributed by atoms with E-state index >= 15 is 0 Å². The molecule has 1 fully saturated rings. The molecule has 2 amide bonds. The molecule has 5 heteroatoms. The average Bonchev–Trinajstić information content (AvgIpc) is 2.67. The molecular formula is C22H25FN2O2. The molecule has 0 atom stereocenters. The number of benzene rings is 2. The predicted molar refractivity (Wildman–Crippen MR) is 104 cm³/mol. The highest BCUT2D eigenvalue weighted by molar-refractivity contribution is 5.97. The molecule has 4 nitrogen and oxygen atoms in total. The summed E-state index contributed by atoms with van der Waals surface area (Å²) >= 11 is 0. The Labute approximate surface area is 159 Å². The number of hydrogen-bond donors (Lipinski definition) is 0. The Morgan fingerprint density at radius 3 is 2.41 bits per heavy atom. The number of carbonyl (C=O) groups is 2. The van der Waals surface area contributed by atoms with E-state index in [1.807, 2.05) is 11.0 Å². The molecule has 0 radical (unpaired) electrons. The van der Waals surface area contributed by atoms with Crippen molar-refractivity contribution in [3.8, 4) is 0 Å². The van der Waals surface area contributed by atoms with Crippen molar-refractivity contribution in [2.45, 2.75) is 26.2 Å². The molecule has 2 aromatic carbocycles. The normalized spacial score (nSPS) is 14.8. The standard InChI is InChI=1S/C22H25FN2O2/c1-17(26)25(21-9-5-8-20(23)15-21)16-22(27)24-12-10-19(11-13-24)14-18-6-3-2-4-7-18/h2-9,15,19H,10-14,16H2,1H3. The highest BCUT2D eigenvalue weighted by atomic mass is 19.1. The fourth-order valence-electron chi connectivity index (χ4n) is 3.60. The molecule has 27 heavy (non-hydrogen) atoms.